The molecule has 1 aliphatic rings. The summed E-state index contributed by atoms with van der Waals surface area (Å²) in [6, 6.07) is 8.99. The summed E-state index contributed by atoms with van der Waals surface area (Å²) in [6.45, 7) is 9.78. The zero-order valence-corrected chi connectivity index (χ0v) is 17.5. The maximum absolute atomic E-state index is 6.03. The number of nitrogens with zero attached hydrogens (tertiary/aromatic N) is 1. The lowest BCUT2D eigenvalue weighted by molar-refractivity contribution is -0.0390. The second kappa shape index (κ2) is 12.0. The molecule has 5 heteroatoms. The van der Waals surface area contributed by atoms with Crippen molar-refractivity contribution in [2.45, 2.75) is 71.8 Å². The van der Waals surface area contributed by atoms with Gasteiger partial charge in [-0.05, 0) is 49.7 Å². The third-order valence-corrected chi connectivity index (χ3v) is 4.89. The molecule has 5 nitrogen and oxygen atoms in total. The Labute approximate surface area is 164 Å². The largest absolute Gasteiger partial charge is 0.381 e. The molecule has 1 unspecified atom stereocenters. The zero-order chi connectivity index (χ0) is 19.5. The molecule has 1 saturated heterocycles. The van der Waals surface area contributed by atoms with Crippen molar-refractivity contribution in [2.24, 2.45) is 10.9 Å². The fourth-order valence-electron chi connectivity index (χ4n) is 3.16. The number of aliphatic imine (C=N–C) groups is 1. The lowest BCUT2D eigenvalue weighted by Crippen LogP contribution is -2.41. The van der Waals surface area contributed by atoms with Gasteiger partial charge in [-0.15, -0.1) is 0 Å². The number of hydrogen-bond donors (Lipinski definition) is 2. The van der Waals surface area contributed by atoms with Crippen molar-refractivity contribution < 1.29 is 9.47 Å². The Morgan fingerprint density at radius 2 is 1.93 bits per heavy atom. The van der Waals surface area contributed by atoms with E-state index < -0.39 is 0 Å². The van der Waals surface area contributed by atoms with Crippen molar-refractivity contribution in [3.63, 3.8) is 0 Å². The SMILES string of the molecule is CN=C(NCc1cccc(COC2CCOCC2)c1)NC(C)CCC(C)C. The van der Waals surface area contributed by atoms with E-state index >= 15 is 0 Å². The smallest absolute Gasteiger partial charge is 0.191 e. The minimum Gasteiger partial charge on any atom is -0.381 e. The van der Waals surface area contributed by atoms with Crippen LogP contribution in [0.4, 0.5) is 0 Å². The molecule has 152 valence electrons. The molecule has 0 spiro atoms. The third-order valence-electron chi connectivity index (χ3n) is 4.89. The molecule has 2 N–H and O–H groups in total. The Morgan fingerprint density at radius 3 is 2.63 bits per heavy atom. The highest BCUT2D eigenvalue weighted by atomic mass is 16.5. The van der Waals surface area contributed by atoms with Gasteiger partial charge in [0.25, 0.3) is 0 Å². The first-order valence-electron chi connectivity index (χ1n) is 10.3. The van der Waals surface area contributed by atoms with E-state index in [4.69, 9.17) is 9.47 Å². The van der Waals surface area contributed by atoms with E-state index in [-0.39, 0.29) is 0 Å². The summed E-state index contributed by atoms with van der Waals surface area (Å²) in [5, 5.41) is 6.90. The van der Waals surface area contributed by atoms with Gasteiger partial charge < -0.3 is 20.1 Å². The highest BCUT2D eigenvalue weighted by molar-refractivity contribution is 5.79. The highest BCUT2D eigenvalue weighted by Gasteiger charge is 2.14. The molecule has 1 fully saturated rings. The first-order valence-corrected chi connectivity index (χ1v) is 10.3. The quantitative estimate of drug-likeness (QED) is 0.508. The van der Waals surface area contributed by atoms with Crippen LogP contribution in [0, 0.1) is 5.92 Å². The molecule has 0 aromatic heterocycles. The number of rotatable bonds is 9. The molecule has 0 amide bonds. The van der Waals surface area contributed by atoms with Gasteiger partial charge in [0.05, 0.1) is 12.7 Å². The van der Waals surface area contributed by atoms with E-state index in [0.717, 1.165) is 50.9 Å². The van der Waals surface area contributed by atoms with Gasteiger partial charge in [0.2, 0.25) is 0 Å². The van der Waals surface area contributed by atoms with Crippen LogP contribution in [0.2, 0.25) is 0 Å². The molecular weight excluding hydrogens is 338 g/mol. The minimum atomic E-state index is 0.330. The van der Waals surface area contributed by atoms with E-state index in [1.807, 2.05) is 7.05 Å². The average Bonchev–Trinajstić information content (AvgIpc) is 2.69. The first kappa shape index (κ1) is 21.7. The van der Waals surface area contributed by atoms with Crippen LogP contribution in [0.5, 0.6) is 0 Å². The molecule has 0 saturated carbocycles. The van der Waals surface area contributed by atoms with Crippen LogP contribution in [-0.4, -0.2) is 38.4 Å². The summed E-state index contributed by atoms with van der Waals surface area (Å²) < 4.78 is 11.4. The Morgan fingerprint density at radius 1 is 1.19 bits per heavy atom. The van der Waals surface area contributed by atoms with Gasteiger partial charge in [-0.2, -0.15) is 0 Å². The number of nitrogens with one attached hydrogen (secondary N) is 2. The fraction of sp³-hybridized carbons (Fsp3) is 0.682. The van der Waals surface area contributed by atoms with Crippen molar-refractivity contribution >= 4 is 5.96 Å². The standard InChI is InChI=1S/C22H37N3O2/c1-17(2)8-9-18(3)25-22(23-4)24-15-19-6-5-7-20(14-19)16-27-21-10-12-26-13-11-21/h5-7,14,17-18,21H,8-13,15-16H2,1-4H3,(H2,23,24,25). The van der Waals surface area contributed by atoms with Gasteiger partial charge in [0.1, 0.15) is 0 Å². The van der Waals surface area contributed by atoms with Crippen molar-refractivity contribution in [3.05, 3.63) is 35.4 Å². The predicted octanol–water partition coefficient (Wildman–Crippen LogP) is 3.87. The molecule has 27 heavy (non-hydrogen) atoms. The second-order valence-corrected chi connectivity index (χ2v) is 7.89. The van der Waals surface area contributed by atoms with Gasteiger partial charge >= 0.3 is 0 Å². The van der Waals surface area contributed by atoms with E-state index in [1.54, 1.807) is 0 Å². The average molecular weight is 376 g/mol. The number of ether oxygens (including phenoxy) is 2. The van der Waals surface area contributed by atoms with E-state index in [9.17, 15) is 0 Å². The van der Waals surface area contributed by atoms with E-state index in [0.29, 0.717) is 18.8 Å². The molecule has 0 aliphatic carbocycles. The Balaban J connectivity index is 1.76. The molecule has 1 aliphatic heterocycles. The Bertz CT molecular complexity index is 568. The van der Waals surface area contributed by atoms with Gasteiger partial charge in [0.15, 0.2) is 5.96 Å². The van der Waals surface area contributed by atoms with Crippen LogP contribution in [0.15, 0.2) is 29.3 Å². The van der Waals surface area contributed by atoms with Crippen LogP contribution >= 0.6 is 0 Å². The summed E-state index contributed by atoms with van der Waals surface area (Å²) >= 11 is 0. The summed E-state index contributed by atoms with van der Waals surface area (Å²) in [5.74, 6) is 1.59. The minimum absolute atomic E-state index is 0.330. The van der Waals surface area contributed by atoms with E-state index in [2.05, 4.69) is 60.7 Å². The molecule has 0 bridgehead atoms. The summed E-state index contributed by atoms with van der Waals surface area (Å²) in [4.78, 5) is 4.35. The molecule has 1 heterocycles. The molecule has 1 aromatic rings. The monoisotopic (exact) mass is 375 g/mol. The number of benzene rings is 1. The Kier molecular flexibility index (Phi) is 9.64. The lowest BCUT2D eigenvalue weighted by Gasteiger charge is -2.22. The fourth-order valence-corrected chi connectivity index (χ4v) is 3.16. The topological polar surface area (TPSA) is 54.9 Å². The molecular formula is C22H37N3O2. The van der Waals surface area contributed by atoms with Crippen molar-refractivity contribution in [2.75, 3.05) is 20.3 Å². The third kappa shape index (κ3) is 8.76. The maximum atomic E-state index is 6.03. The summed E-state index contributed by atoms with van der Waals surface area (Å²) in [7, 11) is 1.82. The number of hydrogen-bond acceptors (Lipinski definition) is 3. The normalized spacial score (nSPS) is 17.1. The van der Waals surface area contributed by atoms with Crippen molar-refractivity contribution in [3.8, 4) is 0 Å². The zero-order valence-electron chi connectivity index (χ0n) is 17.5. The van der Waals surface area contributed by atoms with Crippen LogP contribution in [0.25, 0.3) is 0 Å². The molecule has 2 rings (SSSR count). The predicted molar refractivity (Wildman–Crippen MR) is 112 cm³/mol. The van der Waals surface area contributed by atoms with Gasteiger partial charge in [-0.25, -0.2) is 0 Å². The van der Waals surface area contributed by atoms with Gasteiger partial charge in [0, 0.05) is 32.8 Å². The summed E-state index contributed by atoms with van der Waals surface area (Å²) in [6.07, 6.45) is 4.70. The van der Waals surface area contributed by atoms with Crippen LogP contribution in [-0.2, 0) is 22.6 Å². The van der Waals surface area contributed by atoms with Crippen LogP contribution in [0.3, 0.4) is 0 Å². The maximum Gasteiger partial charge on any atom is 0.191 e. The van der Waals surface area contributed by atoms with Gasteiger partial charge in [-0.1, -0.05) is 38.1 Å². The molecule has 1 aromatic carbocycles. The van der Waals surface area contributed by atoms with Crippen LogP contribution in [0.1, 0.15) is 57.6 Å². The molecule has 0 radical (unpaired) electrons. The summed E-state index contributed by atoms with van der Waals surface area (Å²) in [5.41, 5.74) is 2.45. The van der Waals surface area contributed by atoms with Gasteiger partial charge in [-0.3, -0.25) is 4.99 Å². The van der Waals surface area contributed by atoms with Crippen LogP contribution < -0.4 is 10.6 Å². The Hall–Kier alpha value is -1.59. The number of guanidine groups is 1. The second-order valence-electron chi connectivity index (χ2n) is 7.89. The molecule has 1 atom stereocenters. The highest BCUT2D eigenvalue weighted by Crippen LogP contribution is 2.14. The van der Waals surface area contributed by atoms with Crippen molar-refractivity contribution in [1.82, 2.24) is 10.6 Å². The lowest BCUT2D eigenvalue weighted by atomic mass is 10.0. The first-order chi connectivity index (χ1) is 13.1. The van der Waals surface area contributed by atoms with Crippen molar-refractivity contribution in [1.29, 1.82) is 0 Å². The van der Waals surface area contributed by atoms with E-state index in [1.165, 1.54) is 17.5 Å².